The molecule has 8 aromatic heterocycles. The molecule has 0 fully saturated rings. The molecule has 12 heteroatoms. The summed E-state index contributed by atoms with van der Waals surface area (Å²) in [5.74, 6) is 2.15. The first kappa shape index (κ1) is 75.9. The maximum Gasteiger partial charge on any atom is 0.261 e. The highest BCUT2D eigenvalue weighted by Gasteiger charge is 2.25. The Bertz CT molecular complexity index is 3540. The van der Waals surface area contributed by atoms with Crippen LogP contribution in [-0.4, -0.2) is 19.1 Å². The van der Waals surface area contributed by atoms with E-state index in [1.807, 2.05) is 57.5 Å². The molecule has 0 aliphatic carbocycles. The largest absolute Gasteiger partial charge is 0.291 e. The summed E-state index contributed by atoms with van der Waals surface area (Å²) in [7, 11) is 0. The van der Waals surface area contributed by atoms with Crippen LogP contribution >= 0.6 is 68.0 Å². The molecule has 2 atom stereocenters. The number of benzene rings is 1. The molecule has 8 heterocycles. The maximum absolute atomic E-state index is 16.0. The average molecular weight is 1410 g/mol. The second-order valence-electron chi connectivity index (χ2n) is 28.3. The van der Waals surface area contributed by atoms with Crippen molar-refractivity contribution in [3.8, 4) is 60.4 Å². The Kier molecular flexibility index (Phi) is 33.3. The summed E-state index contributed by atoms with van der Waals surface area (Å²) in [6.45, 7) is 14.8. The number of rotatable bonds is 50. The minimum Gasteiger partial charge on any atom is -0.291 e. The molecular weight excluding hydrogens is 1290 g/mol. The lowest BCUT2D eigenvalue weighted by Crippen LogP contribution is -2.28. The van der Waals surface area contributed by atoms with E-state index in [9.17, 15) is 0 Å². The number of fused-ring (bicyclic) bond motifs is 2. The van der Waals surface area contributed by atoms with Gasteiger partial charge in [0.2, 0.25) is 0 Å². The Labute approximate surface area is 603 Å². The summed E-state index contributed by atoms with van der Waals surface area (Å²) in [6, 6.07) is 30.7. The van der Waals surface area contributed by atoms with E-state index in [0.717, 1.165) is 47.1 Å². The zero-order valence-electron chi connectivity index (χ0n) is 60.0. The van der Waals surface area contributed by atoms with E-state index in [-0.39, 0.29) is 11.1 Å². The lowest BCUT2D eigenvalue weighted by atomic mass is 9.93. The summed E-state index contributed by atoms with van der Waals surface area (Å²) < 4.78 is 4.13. The van der Waals surface area contributed by atoms with E-state index in [1.165, 1.54) is 280 Å². The molecule has 0 aliphatic rings. The second kappa shape index (κ2) is 42.1. The average Bonchev–Trinajstić information content (AvgIpc) is 1.76. The summed E-state index contributed by atoms with van der Waals surface area (Å²) >= 11 is 10.8. The van der Waals surface area contributed by atoms with E-state index < -0.39 is 0 Å². The van der Waals surface area contributed by atoms with Crippen LogP contribution in [0.15, 0.2) is 94.5 Å². The summed E-state index contributed by atoms with van der Waals surface area (Å²) in [4.78, 5) is 57.8. The van der Waals surface area contributed by atoms with Crippen LogP contribution in [-0.2, 0) is 13.1 Å². The topological polar surface area (TPSA) is 69.8 Å². The molecule has 1 aromatic carbocycles. The Hall–Kier alpha value is -4.30. The molecule has 9 rings (SSSR count). The normalized spacial score (nSPS) is 12.6. The summed E-state index contributed by atoms with van der Waals surface area (Å²) in [5.41, 5.74) is 1.12. The highest BCUT2D eigenvalue weighted by Crippen LogP contribution is 2.44. The molecule has 0 saturated heterocycles. The van der Waals surface area contributed by atoms with Crippen molar-refractivity contribution < 1.29 is 0 Å². The lowest BCUT2D eigenvalue weighted by molar-refractivity contribution is 0.353. The third-order valence-electron chi connectivity index (χ3n) is 20.1. The van der Waals surface area contributed by atoms with Crippen molar-refractivity contribution in [3.63, 3.8) is 0 Å². The number of hydrogen-bond donors (Lipinski definition) is 0. The highest BCUT2D eigenvalue weighted by atomic mass is 32.1. The summed E-state index contributed by atoms with van der Waals surface area (Å²) in [6.07, 6.45) is 51.3. The SMILES string of the molecule is CCCCCCCCCCCCC(CCCCCCCCCC)Cn1c(-c2ccc(-c3ccc(-c4ccc(C)s4)s3)s2)nc2cc3c(=O)n(CC(CCCCCCCCCC)CCCCCCCCCCCC)c(-c4ccc(-c5ccc(-c6ccc(C)s6)s5)s4)nc3cc2c1=O. The molecule has 0 N–H and O–H groups in total. The molecule has 0 spiro atoms. The minimum atomic E-state index is -0.0235. The van der Waals surface area contributed by atoms with E-state index in [2.05, 4.69) is 123 Å². The van der Waals surface area contributed by atoms with Crippen LogP contribution in [0.25, 0.3) is 82.2 Å². The van der Waals surface area contributed by atoms with Gasteiger partial charge >= 0.3 is 0 Å². The van der Waals surface area contributed by atoms with Crippen molar-refractivity contribution in [2.75, 3.05) is 0 Å². The zero-order valence-corrected chi connectivity index (χ0v) is 64.9. The van der Waals surface area contributed by atoms with Gasteiger partial charge in [0.25, 0.3) is 11.1 Å². The van der Waals surface area contributed by atoms with Gasteiger partial charge in [0, 0.05) is 61.9 Å². The van der Waals surface area contributed by atoms with Gasteiger partial charge in [-0.3, -0.25) is 18.7 Å². The number of hydrogen-bond acceptors (Lipinski definition) is 10. The first-order chi connectivity index (χ1) is 47.1. The Morgan fingerprint density at radius 3 is 0.760 bits per heavy atom. The monoisotopic (exact) mass is 1410 g/mol. The van der Waals surface area contributed by atoms with Crippen LogP contribution < -0.4 is 11.1 Å². The fraction of sp³-hybridized carbons (Fsp3) is 0.595. The molecule has 0 amide bonds. The van der Waals surface area contributed by atoms with Crippen molar-refractivity contribution in [1.29, 1.82) is 0 Å². The zero-order chi connectivity index (χ0) is 67.1. The minimum absolute atomic E-state index is 0.0235. The Morgan fingerprint density at radius 1 is 0.292 bits per heavy atom. The van der Waals surface area contributed by atoms with Crippen LogP contribution in [0.2, 0.25) is 0 Å². The van der Waals surface area contributed by atoms with Crippen LogP contribution in [0.4, 0.5) is 0 Å². The second-order valence-corrected chi connectivity index (χ2v) is 35.2. The fourth-order valence-corrected chi connectivity index (χ4v) is 20.4. The number of nitrogens with zero attached hydrogens (tertiary/aromatic N) is 4. The fourth-order valence-electron chi connectivity index (χ4n) is 14.3. The van der Waals surface area contributed by atoms with Crippen molar-refractivity contribution in [3.05, 3.63) is 115 Å². The lowest BCUT2D eigenvalue weighted by Gasteiger charge is -2.22. The van der Waals surface area contributed by atoms with Gasteiger partial charge in [0.1, 0.15) is 0 Å². The molecular formula is C84H118N4O2S6. The molecule has 96 heavy (non-hydrogen) atoms. The first-order valence-corrected chi connectivity index (χ1v) is 43.6. The van der Waals surface area contributed by atoms with Gasteiger partial charge in [0.05, 0.1) is 31.6 Å². The van der Waals surface area contributed by atoms with Crippen LogP contribution in [0.1, 0.15) is 294 Å². The molecule has 9 aromatic rings. The number of aromatic nitrogens is 4. The predicted molar refractivity (Wildman–Crippen MR) is 429 cm³/mol. The van der Waals surface area contributed by atoms with E-state index in [4.69, 9.17) is 9.97 Å². The van der Waals surface area contributed by atoms with Gasteiger partial charge in [-0.2, -0.15) is 0 Å². The van der Waals surface area contributed by atoms with Gasteiger partial charge in [-0.15, -0.1) is 68.0 Å². The molecule has 6 nitrogen and oxygen atoms in total. The van der Waals surface area contributed by atoms with Gasteiger partial charge in [-0.1, -0.05) is 259 Å². The standard InChI is InChI=1S/C84H118N4O2S6/c1-7-11-15-19-23-27-29-33-37-41-45-65(43-39-35-31-25-21-17-13-9-3)61-87-81(79-57-55-77(95-79)75-53-51-73(93-75)71-49-47-63(5)91-71)85-69-60-68-70(59-67(69)83(87)89)86-82(80-58-56-78(96-80)76-54-52-74(94-76)72-50-48-64(6)92-72)88(84(68)90)62-66(44-40-36-32-26-22-18-14-10-4)46-42-38-34-30-28-24-20-16-12-8-2/h47-60,65-66H,7-46,61-62H2,1-6H3. The predicted octanol–water partition coefficient (Wildman–Crippen LogP) is 29.0. The molecule has 522 valence electrons. The Morgan fingerprint density at radius 2 is 0.510 bits per heavy atom. The van der Waals surface area contributed by atoms with Crippen molar-refractivity contribution >= 4 is 89.8 Å². The molecule has 0 saturated carbocycles. The van der Waals surface area contributed by atoms with Gasteiger partial charge in [-0.25, -0.2) is 9.97 Å². The van der Waals surface area contributed by atoms with Crippen LogP contribution in [0, 0.1) is 25.7 Å². The van der Waals surface area contributed by atoms with Crippen LogP contribution in [0.5, 0.6) is 0 Å². The smallest absolute Gasteiger partial charge is 0.261 e. The molecule has 0 aliphatic heterocycles. The third-order valence-corrected chi connectivity index (χ3v) is 27.2. The summed E-state index contributed by atoms with van der Waals surface area (Å²) in [5, 5.41) is 1.10. The van der Waals surface area contributed by atoms with Crippen LogP contribution in [0.3, 0.4) is 0 Å². The van der Waals surface area contributed by atoms with E-state index in [1.54, 1.807) is 22.7 Å². The maximum atomic E-state index is 16.0. The van der Waals surface area contributed by atoms with Gasteiger partial charge < -0.3 is 0 Å². The molecule has 0 bridgehead atoms. The third kappa shape index (κ3) is 23.4. The number of unbranched alkanes of at least 4 members (excludes halogenated alkanes) is 32. The Balaban J connectivity index is 1.09. The number of aryl methyl sites for hydroxylation is 2. The van der Waals surface area contributed by atoms with Crippen molar-refractivity contribution in [1.82, 2.24) is 19.1 Å². The quantitative estimate of drug-likeness (QED) is 0.0281. The van der Waals surface area contributed by atoms with Gasteiger partial charge in [0.15, 0.2) is 11.6 Å². The number of thiophene rings is 6. The molecule has 2 unspecified atom stereocenters. The first-order valence-electron chi connectivity index (χ1n) is 38.7. The van der Waals surface area contributed by atoms with E-state index >= 15 is 9.59 Å². The van der Waals surface area contributed by atoms with Gasteiger partial charge in [-0.05, 0) is 136 Å². The van der Waals surface area contributed by atoms with E-state index in [0.29, 0.717) is 46.7 Å². The molecule has 0 radical (unpaired) electrons. The van der Waals surface area contributed by atoms with Crippen molar-refractivity contribution in [2.24, 2.45) is 11.8 Å². The highest BCUT2D eigenvalue weighted by molar-refractivity contribution is 7.28. The van der Waals surface area contributed by atoms with Crippen molar-refractivity contribution in [2.45, 2.75) is 311 Å².